The molecule has 37 heavy (non-hydrogen) atoms. The van der Waals surface area contributed by atoms with E-state index in [1.807, 2.05) is 0 Å². The SMILES string of the molecule is COC(=O)c1ccccc1N1C(=O)[C@H]2[C@H](C1=O)[C@H]1C=C[C@H]2C1=C(c1ccc(C)cc1)c1ccc(C)cc1. The van der Waals surface area contributed by atoms with E-state index < -0.39 is 17.8 Å². The van der Waals surface area contributed by atoms with Crippen molar-refractivity contribution in [1.82, 2.24) is 0 Å². The third kappa shape index (κ3) is 3.49. The van der Waals surface area contributed by atoms with Crippen molar-refractivity contribution in [2.75, 3.05) is 12.0 Å². The fraction of sp³-hybridized carbons (Fsp3) is 0.219. The highest BCUT2D eigenvalue weighted by Gasteiger charge is 2.62. The van der Waals surface area contributed by atoms with Gasteiger partial charge < -0.3 is 4.74 Å². The van der Waals surface area contributed by atoms with Gasteiger partial charge in [0, 0.05) is 11.8 Å². The third-order valence-electron chi connectivity index (χ3n) is 7.94. The number of rotatable bonds is 4. The molecule has 1 saturated heterocycles. The summed E-state index contributed by atoms with van der Waals surface area (Å²) in [6.07, 6.45) is 4.18. The molecule has 2 aliphatic carbocycles. The zero-order valence-corrected chi connectivity index (χ0v) is 21.0. The van der Waals surface area contributed by atoms with E-state index in [0.29, 0.717) is 5.69 Å². The Morgan fingerprint density at radius 2 is 1.22 bits per heavy atom. The van der Waals surface area contributed by atoms with Crippen molar-refractivity contribution in [2.24, 2.45) is 23.7 Å². The van der Waals surface area contributed by atoms with Crippen LogP contribution in [0.1, 0.15) is 32.6 Å². The number of fused-ring (bicyclic) bond motifs is 5. The molecule has 2 bridgehead atoms. The monoisotopic (exact) mass is 489 g/mol. The lowest BCUT2D eigenvalue weighted by Crippen LogP contribution is -2.34. The first-order valence-electron chi connectivity index (χ1n) is 12.5. The molecule has 0 aromatic heterocycles. The van der Waals surface area contributed by atoms with E-state index in [-0.39, 0.29) is 29.2 Å². The number of esters is 1. The van der Waals surface area contributed by atoms with Crippen molar-refractivity contribution in [3.05, 3.63) is 118 Å². The number of carbonyl (C=O) groups is 3. The van der Waals surface area contributed by atoms with Gasteiger partial charge in [-0.2, -0.15) is 0 Å². The zero-order chi connectivity index (χ0) is 25.8. The van der Waals surface area contributed by atoms with Gasteiger partial charge in [0.15, 0.2) is 0 Å². The quantitative estimate of drug-likeness (QED) is 0.275. The van der Waals surface area contributed by atoms with Gasteiger partial charge >= 0.3 is 5.97 Å². The van der Waals surface area contributed by atoms with Crippen LogP contribution < -0.4 is 4.90 Å². The fourth-order valence-electron chi connectivity index (χ4n) is 6.23. The number of methoxy groups -OCH3 is 1. The Hall–Kier alpha value is -4.25. The Labute approximate surface area is 216 Å². The van der Waals surface area contributed by atoms with Crippen LogP contribution in [0, 0.1) is 37.5 Å². The second-order valence-corrected chi connectivity index (χ2v) is 10.1. The molecule has 0 N–H and O–H groups in total. The Morgan fingerprint density at radius 3 is 1.70 bits per heavy atom. The highest BCUT2D eigenvalue weighted by molar-refractivity contribution is 6.25. The summed E-state index contributed by atoms with van der Waals surface area (Å²) in [5.41, 5.74) is 7.23. The number of hydrogen-bond acceptors (Lipinski definition) is 4. The molecule has 3 aliphatic rings. The average molecular weight is 490 g/mol. The number of amides is 2. The number of anilines is 1. The van der Waals surface area contributed by atoms with Crippen LogP contribution >= 0.6 is 0 Å². The van der Waals surface area contributed by atoms with Crippen LogP contribution in [0.2, 0.25) is 0 Å². The average Bonchev–Trinajstić information content (AvgIpc) is 3.55. The van der Waals surface area contributed by atoms with Gasteiger partial charge in [-0.05, 0) is 48.3 Å². The number of imide groups is 1. The Balaban J connectivity index is 1.48. The number of benzene rings is 3. The van der Waals surface area contributed by atoms with Crippen LogP contribution in [0.25, 0.3) is 5.57 Å². The van der Waals surface area contributed by atoms with Crippen LogP contribution in [0.15, 0.2) is 90.5 Å². The van der Waals surface area contributed by atoms with Crippen molar-refractivity contribution in [1.29, 1.82) is 0 Å². The fourth-order valence-corrected chi connectivity index (χ4v) is 6.23. The molecular formula is C32H27NO4. The maximum atomic E-state index is 13.9. The summed E-state index contributed by atoms with van der Waals surface area (Å²) >= 11 is 0. The molecule has 2 amide bonds. The van der Waals surface area contributed by atoms with Gasteiger partial charge in [0.25, 0.3) is 0 Å². The topological polar surface area (TPSA) is 63.7 Å². The van der Waals surface area contributed by atoms with Gasteiger partial charge in [-0.25, -0.2) is 9.69 Å². The number of aryl methyl sites for hydroxylation is 2. The summed E-state index contributed by atoms with van der Waals surface area (Å²) in [6.45, 7) is 4.12. The summed E-state index contributed by atoms with van der Waals surface area (Å²) in [7, 11) is 1.29. The Kier molecular flexibility index (Phi) is 5.45. The molecule has 1 aliphatic heterocycles. The summed E-state index contributed by atoms with van der Waals surface area (Å²) in [6, 6.07) is 23.5. The highest BCUT2D eigenvalue weighted by Crippen LogP contribution is 2.59. The van der Waals surface area contributed by atoms with E-state index in [1.165, 1.54) is 23.1 Å². The summed E-state index contributed by atoms with van der Waals surface area (Å²) in [5.74, 6) is -2.43. The molecule has 184 valence electrons. The minimum atomic E-state index is -0.573. The summed E-state index contributed by atoms with van der Waals surface area (Å²) < 4.78 is 4.91. The molecule has 5 heteroatoms. The normalized spacial score (nSPS) is 23.5. The number of para-hydroxylation sites is 1. The number of carbonyl (C=O) groups excluding carboxylic acids is 3. The van der Waals surface area contributed by atoms with Crippen LogP contribution in [0.5, 0.6) is 0 Å². The van der Waals surface area contributed by atoms with E-state index in [0.717, 1.165) is 22.3 Å². The minimum Gasteiger partial charge on any atom is -0.465 e. The van der Waals surface area contributed by atoms with Crippen LogP contribution in [0.4, 0.5) is 5.69 Å². The number of hydrogen-bond donors (Lipinski definition) is 0. The predicted molar refractivity (Wildman–Crippen MR) is 142 cm³/mol. The van der Waals surface area contributed by atoms with Crippen molar-refractivity contribution in [3.63, 3.8) is 0 Å². The third-order valence-corrected chi connectivity index (χ3v) is 7.94. The number of allylic oxidation sites excluding steroid dienone is 3. The maximum absolute atomic E-state index is 13.9. The number of nitrogens with zero attached hydrogens (tertiary/aromatic N) is 1. The zero-order valence-electron chi connectivity index (χ0n) is 21.0. The van der Waals surface area contributed by atoms with E-state index in [2.05, 4.69) is 74.5 Å². The van der Waals surface area contributed by atoms with Crippen LogP contribution in [-0.4, -0.2) is 24.9 Å². The molecule has 4 atom stereocenters. The largest absolute Gasteiger partial charge is 0.465 e. The first-order valence-corrected chi connectivity index (χ1v) is 12.5. The van der Waals surface area contributed by atoms with Crippen molar-refractivity contribution < 1.29 is 19.1 Å². The first kappa shape index (κ1) is 23.2. The predicted octanol–water partition coefficient (Wildman–Crippen LogP) is 5.51. The minimum absolute atomic E-state index is 0.181. The van der Waals surface area contributed by atoms with Gasteiger partial charge in [0.1, 0.15) is 0 Å². The molecule has 1 saturated carbocycles. The molecule has 3 aromatic carbocycles. The Morgan fingerprint density at radius 1 is 0.730 bits per heavy atom. The Bertz CT molecular complexity index is 1410. The van der Waals surface area contributed by atoms with E-state index >= 15 is 0 Å². The van der Waals surface area contributed by atoms with Gasteiger partial charge in [-0.15, -0.1) is 0 Å². The lowest BCUT2D eigenvalue weighted by molar-refractivity contribution is -0.122. The molecule has 2 fully saturated rings. The maximum Gasteiger partial charge on any atom is 0.339 e. The van der Waals surface area contributed by atoms with Gasteiger partial charge in [0.05, 0.1) is 30.2 Å². The molecule has 3 aromatic rings. The molecule has 6 rings (SSSR count). The van der Waals surface area contributed by atoms with Gasteiger partial charge in [0.2, 0.25) is 11.8 Å². The smallest absolute Gasteiger partial charge is 0.339 e. The molecule has 1 heterocycles. The van der Waals surface area contributed by atoms with E-state index in [4.69, 9.17) is 4.74 Å². The second-order valence-electron chi connectivity index (χ2n) is 10.1. The molecule has 0 spiro atoms. The summed E-state index contributed by atoms with van der Waals surface area (Å²) in [4.78, 5) is 41.4. The second kappa shape index (κ2) is 8.70. The molecule has 0 unspecified atom stereocenters. The van der Waals surface area contributed by atoms with E-state index in [1.54, 1.807) is 24.3 Å². The number of ether oxygens (including phenoxy) is 1. The standard InChI is InChI=1S/C32H27NO4/c1-18-8-12-20(13-9-18)26(21-14-10-19(2)11-15-21)27-23-16-17-24(27)29-28(23)30(34)33(31(29)35)25-7-5-4-6-22(25)32(36)37-3/h4-17,23-24,28-29H,1-3H3/t23-,24-,28+,29+/m0/s1. The first-order chi connectivity index (χ1) is 17.9. The molecule has 5 nitrogen and oxygen atoms in total. The van der Waals surface area contributed by atoms with Crippen LogP contribution in [-0.2, 0) is 14.3 Å². The summed E-state index contributed by atoms with van der Waals surface area (Å²) in [5, 5.41) is 0. The highest BCUT2D eigenvalue weighted by atomic mass is 16.5. The van der Waals surface area contributed by atoms with E-state index in [9.17, 15) is 14.4 Å². The van der Waals surface area contributed by atoms with Gasteiger partial charge in [-0.1, -0.05) is 83.9 Å². The van der Waals surface area contributed by atoms with Crippen molar-refractivity contribution in [2.45, 2.75) is 13.8 Å². The van der Waals surface area contributed by atoms with Crippen LogP contribution in [0.3, 0.4) is 0 Å². The lowest BCUT2D eigenvalue weighted by Gasteiger charge is -2.22. The lowest BCUT2D eigenvalue weighted by atomic mass is 9.85. The van der Waals surface area contributed by atoms with Crippen molar-refractivity contribution >= 4 is 29.0 Å². The van der Waals surface area contributed by atoms with Crippen molar-refractivity contribution in [3.8, 4) is 0 Å². The van der Waals surface area contributed by atoms with Gasteiger partial charge in [-0.3, -0.25) is 9.59 Å². The molecular weight excluding hydrogens is 462 g/mol. The molecule has 0 radical (unpaired) electrons.